The molecule has 1 aliphatic carbocycles. The van der Waals surface area contributed by atoms with Gasteiger partial charge in [-0.3, -0.25) is 14.4 Å². The molecule has 0 bridgehead atoms. The van der Waals surface area contributed by atoms with Crippen molar-refractivity contribution >= 4 is 33.2 Å². The van der Waals surface area contributed by atoms with Crippen LogP contribution in [0.5, 0.6) is 0 Å². The van der Waals surface area contributed by atoms with Crippen molar-refractivity contribution < 1.29 is 22.7 Å². The third kappa shape index (κ3) is 4.55. The Bertz CT molecular complexity index is 1220. The Kier molecular flexibility index (Phi) is 5.87. The maximum absolute atomic E-state index is 13.0. The first-order chi connectivity index (χ1) is 16.2. The van der Waals surface area contributed by atoms with Gasteiger partial charge in [-0.25, -0.2) is 13.2 Å². The van der Waals surface area contributed by atoms with E-state index >= 15 is 0 Å². The molecule has 9 nitrogen and oxygen atoms in total. The summed E-state index contributed by atoms with van der Waals surface area (Å²) in [7, 11) is -3.05. The number of hydrogen-bond donors (Lipinski definition) is 0. The molecule has 2 amide bonds. The van der Waals surface area contributed by atoms with Crippen LogP contribution in [0.1, 0.15) is 45.6 Å². The normalized spacial score (nSPS) is 23.9. The molecule has 1 saturated heterocycles. The fourth-order valence-electron chi connectivity index (χ4n) is 4.90. The lowest BCUT2D eigenvalue weighted by Crippen LogP contribution is -2.51. The van der Waals surface area contributed by atoms with Gasteiger partial charge in [-0.15, -0.1) is 0 Å². The number of hydrogen-bond acceptors (Lipinski definition) is 6. The van der Waals surface area contributed by atoms with E-state index in [9.17, 15) is 18.0 Å². The van der Waals surface area contributed by atoms with Crippen molar-refractivity contribution in [2.45, 2.75) is 51.6 Å². The summed E-state index contributed by atoms with van der Waals surface area (Å²) < 4.78 is 31.4. The first kappa shape index (κ1) is 22.9. The molecule has 1 saturated carbocycles. The van der Waals surface area contributed by atoms with Crippen molar-refractivity contribution in [3.8, 4) is 11.1 Å². The second kappa shape index (κ2) is 8.72. The van der Waals surface area contributed by atoms with E-state index in [1.807, 2.05) is 31.3 Å². The van der Waals surface area contributed by atoms with Crippen LogP contribution >= 0.6 is 0 Å². The van der Waals surface area contributed by atoms with E-state index < -0.39 is 15.9 Å². The molecule has 0 N–H and O–H groups in total. The second-order valence-corrected chi connectivity index (χ2v) is 11.9. The van der Waals surface area contributed by atoms with Gasteiger partial charge in [0.2, 0.25) is 5.91 Å². The lowest BCUT2D eigenvalue weighted by Gasteiger charge is -2.40. The highest BCUT2D eigenvalue weighted by molar-refractivity contribution is 7.91. The SMILES string of the molecule is CC(=O)N1c2ccc(-c3cnn([C@@H]4CCCS(=O)(=O)C4)c3)cc2N(C(=O)OCC2CC2)C[C@@H]1C. The fourth-order valence-corrected chi connectivity index (χ4v) is 6.58. The van der Waals surface area contributed by atoms with Gasteiger partial charge in [-0.2, -0.15) is 5.10 Å². The number of amides is 2. The molecule has 3 aliphatic rings. The van der Waals surface area contributed by atoms with Crippen LogP contribution < -0.4 is 9.80 Å². The Morgan fingerprint density at radius 3 is 2.65 bits per heavy atom. The zero-order chi connectivity index (χ0) is 24.0. The standard InChI is InChI=1S/C24H30N4O5S/c1-16-12-26(24(30)33-14-18-5-6-18)23-10-19(7-8-22(23)28(16)17(2)29)20-11-25-27(13-20)21-4-3-9-34(31,32)15-21/h7-8,10-11,13,16,18,21H,3-6,9,12,14-15H2,1-2H3/t16-,21+/m0/s1. The van der Waals surface area contributed by atoms with Gasteiger partial charge < -0.3 is 9.64 Å². The number of carbonyl (C=O) groups is 2. The minimum Gasteiger partial charge on any atom is -0.449 e. The first-order valence-corrected chi connectivity index (χ1v) is 13.7. The van der Waals surface area contributed by atoms with Crippen LogP contribution in [0.25, 0.3) is 11.1 Å². The molecule has 2 atom stereocenters. The Labute approximate surface area is 199 Å². The smallest absolute Gasteiger partial charge is 0.414 e. The molecular formula is C24H30N4O5S. The third-order valence-electron chi connectivity index (χ3n) is 6.86. The van der Waals surface area contributed by atoms with Crippen molar-refractivity contribution in [2.75, 3.05) is 34.5 Å². The average molecular weight is 487 g/mol. The number of fused-ring (bicyclic) bond motifs is 1. The van der Waals surface area contributed by atoms with Gasteiger partial charge in [-0.1, -0.05) is 6.07 Å². The summed E-state index contributed by atoms with van der Waals surface area (Å²) in [6.07, 6.45) is 6.77. The molecule has 2 fully saturated rings. The van der Waals surface area contributed by atoms with Crippen LogP contribution in [-0.2, 0) is 19.4 Å². The van der Waals surface area contributed by atoms with E-state index in [-0.39, 0.29) is 29.5 Å². The van der Waals surface area contributed by atoms with Gasteiger partial charge in [0.15, 0.2) is 9.84 Å². The predicted octanol–water partition coefficient (Wildman–Crippen LogP) is 3.41. The van der Waals surface area contributed by atoms with E-state index in [2.05, 4.69) is 5.10 Å². The third-order valence-corrected chi connectivity index (χ3v) is 8.66. The van der Waals surface area contributed by atoms with E-state index in [0.717, 1.165) is 30.4 Å². The van der Waals surface area contributed by atoms with Crippen LogP contribution in [0.15, 0.2) is 30.6 Å². The number of benzene rings is 1. The van der Waals surface area contributed by atoms with Crippen LogP contribution in [0.2, 0.25) is 0 Å². The van der Waals surface area contributed by atoms with Gasteiger partial charge >= 0.3 is 6.09 Å². The zero-order valence-electron chi connectivity index (χ0n) is 19.5. The van der Waals surface area contributed by atoms with E-state index in [4.69, 9.17) is 4.74 Å². The molecule has 3 heterocycles. The van der Waals surface area contributed by atoms with Gasteiger partial charge in [0.1, 0.15) is 0 Å². The maximum atomic E-state index is 13.0. The second-order valence-electron chi connectivity index (χ2n) is 9.69. The molecule has 1 aromatic carbocycles. The van der Waals surface area contributed by atoms with Crippen LogP contribution in [0, 0.1) is 5.92 Å². The lowest BCUT2D eigenvalue weighted by molar-refractivity contribution is -0.117. The number of rotatable bonds is 4. The van der Waals surface area contributed by atoms with Gasteiger partial charge in [-0.05, 0) is 56.2 Å². The molecular weight excluding hydrogens is 456 g/mol. The minimum atomic E-state index is -3.05. The van der Waals surface area contributed by atoms with Crippen molar-refractivity contribution in [1.29, 1.82) is 0 Å². The Balaban J connectivity index is 1.46. The van der Waals surface area contributed by atoms with Crippen molar-refractivity contribution in [3.63, 3.8) is 0 Å². The topological polar surface area (TPSA) is 102 Å². The van der Waals surface area contributed by atoms with Gasteiger partial charge in [0.05, 0.1) is 47.8 Å². The van der Waals surface area contributed by atoms with E-state index in [0.29, 0.717) is 36.9 Å². The largest absolute Gasteiger partial charge is 0.449 e. The Hall–Kier alpha value is -2.88. The fraction of sp³-hybridized carbons (Fsp3) is 0.542. The number of carbonyl (C=O) groups excluding carboxylic acids is 2. The number of aromatic nitrogens is 2. The van der Waals surface area contributed by atoms with Crippen molar-refractivity contribution in [2.24, 2.45) is 5.92 Å². The summed E-state index contributed by atoms with van der Waals surface area (Å²) in [6.45, 7) is 4.21. The molecule has 5 rings (SSSR count). The summed E-state index contributed by atoms with van der Waals surface area (Å²) in [5.41, 5.74) is 2.95. The molecule has 0 spiro atoms. The van der Waals surface area contributed by atoms with Crippen LogP contribution in [0.3, 0.4) is 0 Å². The zero-order valence-corrected chi connectivity index (χ0v) is 20.3. The highest BCUT2D eigenvalue weighted by Gasteiger charge is 2.35. The number of nitrogens with zero attached hydrogens (tertiary/aromatic N) is 4. The highest BCUT2D eigenvalue weighted by atomic mass is 32.2. The van der Waals surface area contributed by atoms with Gasteiger partial charge in [0.25, 0.3) is 0 Å². The Morgan fingerprint density at radius 2 is 1.94 bits per heavy atom. The van der Waals surface area contributed by atoms with E-state index in [1.54, 1.807) is 20.7 Å². The number of anilines is 2. The number of sulfone groups is 1. The maximum Gasteiger partial charge on any atom is 0.414 e. The van der Waals surface area contributed by atoms with Crippen LogP contribution in [-0.4, -0.2) is 60.9 Å². The summed E-state index contributed by atoms with van der Waals surface area (Å²) in [6, 6.07) is 5.28. The average Bonchev–Trinajstić information content (AvgIpc) is 3.49. The summed E-state index contributed by atoms with van der Waals surface area (Å²) in [5.74, 6) is 0.712. The monoisotopic (exact) mass is 486 g/mol. The van der Waals surface area contributed by atoms with Crippen molar-refractivity contribution in [1.82, 2.24) is 9.78 Å². The van der Waals surface area contributed by atoms with Crippen LogP contribution in [0.4, 0.5) is 16.2 Å². The molecule has 0 unspecified atom stereocenters. The van der Waals surface area contributed by atoms with Crippen molar-refractivity contribution in [3.05, 3.63) is 30.6 Å². The molecule has 2 aromatic rings. The molecule has 2 aliphatic heterocycles. The molecule has 34 heavy (non-hydrogen) atoms. The van der Waals surface area contributed by atoms with E-state index in [1.165, 1.54) is 6.92 Å². The first-order valence-electron chi connectivity index (χ1n) is 11.8. The molecule has 0 radical (unpaired) electrons. The summed E-state index contributed by atoms with van der Waals surface area (Å²) in [4.78, 5) is 28.7. The summed E-state index contributed by atoms with van der Waals surface area (Å²) in [5, 5.41) is 4.44. The predicted molar refractivity (Wildman–Crippen MR) is 129 cm³/mol. The molecule has 1 aromatic heterocycles. The number of ether oxygens (including phenoxy) is 1. The van der Waals surface area contributed by atoms with Gasteiger partial charge in [0, 0.05) is 25.2 Å². The lowest BCUT2D eigenvalue weighted by atomic mass is 10.0. The Morgan fingerprint density at radius 1 is 1.15 bits per heavy atom. The summed E-state index contributed by atoms with van der Waals surface area (Å²) >= 11 is 0. The molecule has 10 heteroatoms. The highest BCUT2D eigenvalue weighted by Crippen LogP contribution is 2.40. The quantitative estimate of drug-likeness (QED) is 0.656. The minimum absolute atomic E-state index is 0.0844. The molecule has 182 valence electrons.